The number of anilines is 1. The Morgan fingerprint density at radius 3 is 2.45 bits per heavy atom. The molecule has 6 atom stereocenters. The minimum absolute atomic E-state index is 0.232. The van der Waals surface area contributed by atoms with E-state index in [1.807, 2.05) is 55.5 Å². The number of esters is 1. The highest BCUT2D eigenvalue weighted by atomic mass is 35.5. The third kappa shape index (κ3) is 4.48. The van der Waals surface area contributed by atoms with Gasteiger partial charge in [0.2, 0.25) is 5.91 Å². The van der Waals surface area contributed by atoms with Crippen molar-refractivity contribution < 1.29 is 29.0 Å². The molecule has 4 aliphatic heterocycles. The highest BCUT2D eigenvalue weighted by molar-refractivity contribution is 6.30. The van der Waals surface area contributed by atoms with E-state index in [0.29, 0.717) is 22.7 Å². The van der Waals surface area contributed by atoms with Crippen molar-refractivity contribution in [2.75, 3.05) is 24.7 Å². The second kappa shape index (κ2) is 11.3. The molecule has 1 unspecified atom stereocenters. The molecular formula is C33H35ClN2O6. The number of halogens is 1. The van der Waals surface area contributed by atoms with Crippen LogP contribution in [0.15, 0.2) is 78.9 Å². The van der Waals surface area contributed by atoms with Gasteiger partial charge >= 0.3 is 5.97 Å². The number of benzene rings is 2. The molecule has 2 aromatic carbocycles. The highest BCUT2D eigenvalue weighted by Gasteiger charge is 2.76. The van der Waals surface area contributed by atoms with Crippen LogP contribution in [0.25, 0.3) is 0 Å². The summed E-state index contributed by atoms with van der Waals surface area (Å²) in [6, 6.07) is 14.1. The van der Waals surface area contributed by atoms with Crippen molar-refractivity contribution in [3.63, 3.8) is 0 Å². The monoisotopic (exact) mass is 590 g/mol. The zero-order chi connectivity index (χ0) is 29.5. The van der Waals surface area contributed by atoms with Gasteiger partial charge in [-0.25, -0.2) is 0 Å². The Morgan fingerprint density at radius 1 is 0.976 bits per heavy atom. The summed E-state index contributed by atoms with van der Waals surface area (Å²) in [5.41, 5.74) is -1.31. The molecule has 4 aliphatic rings. The number of hydrogen-bond acceptors (Lipinski definition) is 6. The third-order valence-corrected chi connectivity index (χ3v) is 9.40. The van der Waals surface area contributed by atoms with Gasteiger partial charge in [-0.1, -0.05) is 73.2 Å². The van der Waals surface area contributed by atoms with Crippen LogP contribution in [0.4, 0.5) is 5.69 Å². The first kappa shape index (κ1) is 28.6. The van der Waals surface area contributed by atoms with Crippen LogP contribution < -0.4 is 4.90 Å². The largest absolute Gasteiger partial charge is 0.465 e. The predicted octanol–water partition coefficient (Wildman–Crippen LogP) is 4.62. The Bertz CT molecular complexity index is 1410. The summed E-state index contributed by atoms with van der Waals surface area (Å²) in [4.78, 5) is 46.4. The van der Waals surface area contributed by atoms with Crippen molar-refractivity contribution in [1.29, 1.82) is 0 Å². The summed E-state index contributed by atoms with van der Waals surface area (Å²) >= 11 is 6.15. The smallest absolute Gasteiger partial charge is 0.313 e. The van der Waals surface area contributed by atoms with E-state index in [1.165, 1.54) is 4.90 Å². The molecule has 0 saturated carbocycles. The molecule has 2 saturated heterocycles. The SMILES string of the molecule is CC[C@@]12/C=C\CCCCOC(=O)[C@@H]1[C@H]1C(=O)N([C@H](CO)c3ccccc3)C3C(=O)N(c4ccc(Cl)cc4)CC=C[C@@]31O2. The summed E-state index contributed by atoms with van der Waals surface area (Å²) in [6.45, 7) is 2.00. The van der Waals surface area contributed by atoms with E-state index >= 15 is 0 Å². The highest BCUT2D eigenvalue weighted by Crippen LogP contribution is 2.59. The minimum Gasteiger partial charge on any atom is -0.465 e. The third-order valence-electron chi connectivity index (χ3n) is 9.15. The number of hydrogen-bond donors (Lipinski definition) is 1. The van der Waals surface area contributed by atoms with Crippen molar-refractivity contribution >= 4 is 35.1 Å². The van der Waals surface area contributed by atoms with Crippen LogP contribution in [0.3, 0.4) is 0 Å². The maximum absolute atomic E-state index is 14.8. The van der Waals surface area contributed by atoms with Gasteiger partial charge in [0.15, 0.2) is 0 Å². The Labute approximate surface area is 250 Å². The molecule has 2 aromatic rings. The lowest BCUT2D eigenvalue weighted by atomic mass is 9.73. The van der Waals surface area contributed by atoms with Gasteiger partial charge in [0, 0.05) is 17.3 Å². The van der Waals surface area contributed by atoms with E-state index in [4.69, 9.17) is 21.1 Å². The first-order valence-electron chi connectivity index (χ1n) is 14.6. The average molecular weight is 591 g/mol. The van der Waals surface area contributed by atoms with E-state index in [0.717, 1.165) is 19.3 Å². The number of allylic oxidation sites excluding steroid dienone is 1. The number of cyclic esters (lactones) is 1. The molecule has 6 rings (SSSR count). The van der Waals surface area contributed by atoms with E-state index < -0.39 is 53.6 Å². The number of amides is 2. The molecule has 8 nitrogen and oxygen atoms in total. The number of nitrogens with zero attached hydrogens (tertiary/aromatic N) is 2. The van der Waals surface area contributed by atoms with Crippen molar-refractivity contribution in [3.8, 4) is 0 Å². The molecule has 0 bridgehead atoms. The number of aliphatic hydroxyl groups excluding tert-OH is 1. The van der Waals surface area contributed by atoms with Crippen LogP contribution in [0.5, 0.6) is 0 Å². The fourth-order valence-electron chi connectivity index (χ4n) is 7.20. The summed E-state index contributed by atoms with van der Waals surface area (Å²) in [6.07, 6.45) is 10.3. The van der Waals surface area contributed by atoms with Crippen LogP contribution in [0.2, 0.25) is 5.02 Å². The molecule has 2 amide bonds. The van der Waals surface area contributed by atoms with Crippen LogP contribution in [-0.2, 0) is 23.9 Å². The van der Waals surface area contributed by atoms with E-state index in [2.05, 4.69) is 0 Å². The number of likely N-dealkylation sites (tertiary alicyclic amines) is 1. The molecule has 9 heteroatoms. The molecule has 4 heterocycles. The Balaban J connectivity index is 1.55. The fourth-order valence-corrected chi connectivity index (χ4v) is 7.32. The van der Waals surface area contributed by atoms with Gasteiger partial charge < -0.3 is 24.4 Å². The maximum atomic E-state index is 14.8. The molecule has 1 N–H and O–H groups in total. The minimum atomic E-state index is -1.46. The average Bonchev–Trinajstić information content (AvgIpc) is 3.36. The maximum Gasteiger partial charge on any atom is 0.313 e. The van der Waals surface area contributed by atoms with Gasteiger partial charge in [-0.05, 0) is 55.5 Å². The first-order valence-corrected chi connectivity index (χ1v) is 15.0. The van der Waals surface area contributed by atoms with Gasteiger partial charge in [0.05, 0.1) is 25.2 Å². The molecular weight excluding hydrogens is 556 g/mol. The van der Waals surface area contributed by atoms with E-state index in [1.54, 1.807) is 35.2 Å². The lowest BCUT2D eigenvalue weighted by molar-refractivity contribution is -0.161. The number of fused-ring (bicyclic) bond motifs is 2. The number of carbonyl (C=O) groups is 3. The van der Waals surface area contributed by atoms with E-state index in [9.17, 15) is 19.5 Å². The quantitative estimate of drug-likeness (QED) is 0.403. The summed E-state index contributed by atoms with van der Waals surface area (Å²) in [5.74, 6) is -3.27. The van der Waals surface area contributed by atoms with Crippen molar-refractivity contribution in [2.45, 2.75) is 55.9 Å². The Hall–Kier alpha value is -3.46. The zero-order valence-electron chi connectivity index (χ0n) is 23.5. The molecule has 2 fully saturated rings. The predicted molar refractivity (Wildman–Crippen MR) is 158 cm³/mol. The fraction of sp³-hybridized carbons (Fsp3) is 0.424. The Kier molecular flexibility index (Phi) is 7.72. The lowest BCUT2D eigenvalue weighted by Gasteiger charge is -2.41. The molecule has 42 heavy (non-hydrogen) atoms. The normalized spacial score (nSPS) is 32.5. The number of rotatable bonds is 5. The molecule has 220 valence electrons. The second-order valence-electron chi connectivity index (χ2n) is 11.4. The topological polar surface area (TPSA) is 96.4 Å². The second-order valence-corrected chi connectivity index (χ2v) is 11.8. The molecule has 0 aliphatic carbocycles. The standard InChI is InChI=1S/C33H35ClN2O6/c1-2-32-17-8-3-4-9-20-41-31(40)27(32)26-29(38)36(25(21-37)22-11-6-5-7-12-22)28-30(39)35(19-10-18-33(26,28)42-32)24-15-13-23(34)14-16-24/h5-8,10-18,25-28,37H,2-4,9,19-21H2,1H3/b17-8-/t25-,26+,27+,28?,32-,33+/m1/s1. The van der Waals surface area contributed by atoms with Crippen molar-refractivity contribution in [3.05, 3.63) is 89.5 Å². The van der Waals surface area contributed by atoms with Crippen molar-refractivity contribution in [2.24, 2.45) is 11.8 Å². The van der Waals surface area contributed by atoms with Gasteiger partial charge in [-0.2, -0.15) is 0 Å². The van der Waals surface area contributed by atoms with Crippen LogP contribution in [-0.4, -0.2) is 64.8 Å². The zero-order valence-corrected chi connectivity index (χ0v) is 24.3. The van der Waals surface area contributed by atoms with Crippen LogP contribution in [0, 0.1) is 11.8 Å². The van der Waals surface area contributed by atoms with Crippen LogP contribution >= 0.6 is 11.6 Å². The van der Waals surface area contributed by atoms with E-state index in [-0.39, 0.29) is 19.1 Å². The molecule has 1 spiro atoms. The van der Waals surface area contributed by atoms with Crippen molar-refractivity contribution in [1.82, 2.24) is 4.90 Å². The molecule has 0 aromatic heterocycles. The van der Waals surface area contributed by atoms with Gasteiger partial charge in [-0.15, -0.1) is 0 Å². The molecule has 0 radical (unpaired) electrons. The number of carbonyl (C=O) groups excluding carboxylic acids is 3. The number of aliphatic hydroxyl groups is 1. The van der Waals surface area contributed by atoms with Crippen LogP contribution in [0.1, 0.15) is 44.2 Å². The Morgan fingerprint density at radius 2 is 1.74 bits per heavy atom. The first-order chi connectivity index (χ1) is 20.4. The number of ether oxygens (including phenoxy) is 2. The lowest BCUT2D eigenvalue weighted by Crippen LogP contribution is -2.57. The van der Waals surface area contributed by atoms with Gasteiger partial charge in [-0.3, -0.25) is 14.4 Å². The summed E-state index contributed by atoms with van der Waals surface area (Å²) in [5, 5.41) is 11.3. The summed E-state index contributed by atoms with van der Waals surface area (Å²) in [7, 11) is 0. The van der Waals surface area contributed by atoms with Gasteiger partial charge in [0.1, 0.15) is 23.2 Å². The summed E-state index contributed by atoms with van der Waals surface area (Å²) < 4.78 is 12.8. The van der Waals surface area contributed by atoms with Gasteiger partial charge in [0.25, 0.3) is 5.91 Å².